The summed E-state index contributed by atoms with van der Waals surface area (Å²) in [4.78, 5) is 21.9. The Morgan fingerprint density at radius 1 is 1.19 bits per heavy atom. The van der Waals surface area contributed by atoms with Gasteiger partial charge in [-0.3, -0.25) is 9.59 Å². The number of hydrogen-bond acceptors (Lipinski definition) is 6. The van der Waals surface area contributed by atoms with Crippen LogP contribution in [0.25, 0.3) is 0 Å². The number of rotatable bonds is 5. The molecule has 6 nitrogen and oxygen atoms in total. The summed E-state index contributed by atoms with van der Waals surface area (Å²) >= 11 is 16.7. The second-order valence-electron chi connectivity index (χ2n) is 4.23. The molecule has 1 rings (SSSR count). The van der Waals surface area contributed by atoms with Gasteiger partial charge >= 0.3 is 11.9 Å². The SMILES string of the molecule is CC(=O)OC[C@H]1OC(OCC(Cl)(Cl)Cl)C=C[C@H]1OC(C)=O. The van der Waals surface area contributed by atoms with E-state index in [0.717, 1.165) is 0 Å². The fraction of sp³-hybridized carbons (Fsp3) is 0.667. The number of halogens is 3. The van der Waals surface area contributed by atoms with Crippen LogP contribution in [-0.4, -0.2) is 47.4 Å². The number of carbonyl (C=O) groups is 2. The molecule has 21 heavy (non-hydrogen) atoms. The molecule has 120 valence electrons. The van der Waals surface area contributed by atoms with E-state index in [4.69, 9.17) is 53.8 Å². The lowest BCUT2D eigenvalue weighted by Crippen LogP contribution is -2.42. The summed E-state index contributed by atoms with van der Waals surface area (Å²) in [7, 11) is 0. The first-order valence-electron chi connectivity index (χ1n) is 6.00. The standard InChI is InChI=1S/C12H15Cl3O6/c1-7(16)18-5-10-9(20-8(2)17)3-4-11(21-10)19-6-12(13,14)15/h3-4,9-11H,5-6H2,1-2H3/t9-,10-,11?/m1/s1. The molecular formula is C12H15Cl3O6. The molecule has 0 spiro atoms. The van der Waals surface area contributed by atoms with Gasteiger partial charge in [-0.2, -0.15) is 0 Å². The molecular weight excluding hydrogens is 346 g/mol. The van der Waals surface area contributed by atoms with Crippen LogP contribution < -0.4 is 0 Å². The average Bonchev–Trinajstić information content (AvgIpc) is 2.34. The molecule has 3 atom stereocenters. The van der Waals surface area contributed by atoms with Crippen LogP contribution in [0.1, 0.15) is 13.8 Å². The Morgan fingerprint density at radius 3 is 2.38 bits per heavy atom. The van der Waals surface area contributed by atoms with Gasteiger partial charge in [0.05, 0.1) is 6.61 Å². The summed E-state index contributed by atoms with van der Waals surface area (Å²) in [5, 5.41) is 0. The molecule has 1 aliphatic heterocycles. The Hall–Kier alpha value is -0.530. The number of carbonyl (C=O) groups excluding carboxylic acids is 2. The minimum absolute atomic E-state index is 0.0920. The quantitative estimate of drug-likeness (QED) is 0.424. The minimum Gasteiger partial charge on any atom is -0.463 e. The lowest BCUT2D eigenvalue weighted by Gasteiger charge is -2.31. The maximum Gasteiger partial charge on any atom is 0.303 e. The maximum absolute atomic E-state index is 11.0. The minimum atomic E-state index is -1.57. The number of ether oxygens (including phenoxy) is 4. The van der Waals surface area contributed by atoms with Gasteiger partial charge in [0.1, 0.15) is 18.8 Å². The first kappa shape index (κ1) is 18.5. The zero-order chi connectivity index (χ0) is 16.0. The molecule has 1 aliphatic rings. The molecule has 1 heterocycles. The van der Waals surface area contributed by atoms with Crippen molar-refractivity contribution in [2.45, 2.75) is 36.1 Å². The van der Waals surface area contributed by atoms with Crippen molar-refractivity contribution in [3.8, 4) is 0 Å². The van der Waals surface area contributed by atoms with Gasteiger partial charge in [-0.1, -0.05) is 34.8 Å². The fourth-order valence-corrected chi connectivity index (χ4v) is 1.72. The monoisotopic (exact) mass is 360 g/mol. The van der Waals surface area contributed by atoms with E-state index >= 15 is 0 Å². The predicted octanol–water partition coefficient (Wildman–Crippen LogP) is 2.15. The van der Waals surface area contributed by atoms with Crippen LogP contribution in [0.5, 0.6) is 0 Å². The fourth-order valence-electron chi connectivity index (χ4n) is 1.53. The van der Waals surface area contributed by atoms with Crippen molar-refractivity contribution in [3.63, 3.8) is 0 Å². The van der Waals surface area contributed by atoms with Crippen molar-refractivity contribution in [1.29, 1.82) is 0 Å². The van der Waals surface area contributed by atoms with E-state index in [1.807, 2.05) is 0 Å². The van der Waals surface area contributed by atoms with Crippen LogP contribution in [0.2, 0.25) is 0 Å². The van der Waals surface area contributed by atoms with Crippen molar-refractivity contribution in [2.75, 3.05) is 13.2 Å². The molecule has 0 radical (unpaired) electrons. The summed E-state index contributed by atoms with van der Waals surface area (Å²) in [6.45, 7) is 2.24. The number of alkyl halides is 3. The Bertz CT molecular complexity index is 406. The Balaban J connectivity index is 2.64. The van der Waals surface area contributed by atoms with Gasteiger partial charge in [0.15, 0.2) is 6.29 Å². The van der Waals surface area contributed by atoms with Crippen molar-refractivity contribution in [2.24, 2.45) is 0 Å². The smallest absolute Gasteiger partial charge is 0.303 e. The molecule has 0 N–H and O–H groups in total. The van der Waals surface area contributed by atoms with E-state index in [1.165, 1.54) is 19.9 Å². The summed E-state index contributed by atoms with van der Waals surface area (Å²) < 4.78 is 19.1. The zero-order valence-electron chi connectivity index (χ0n) is 11.4. The lowest BCUT2D eigenvalue weighted by atomic mass is 10.1. The molecule has 0 aliphatic carbocycles. The zero-order valence-corrected chi connectivity index (χ0v) is 13.7. The predicted molar refractivity (Wildman–Crippen MR) is 76.2 cm³/mol. The van der Waals surface area contributed by atoms with Gasteiger partial charge < -0.3 is 18.9 Å². The van der Waals surface area contributed by atoms with Crippen LogP contribution in [-0.2, 0) is 28.5 Å². The Labute approximate surface area is 137 Å². The van der Waals surface area contributed by atoms with Gasteiger partial charge in [0, 0.05) is 13.8 Å². The summed E-state index contributed by atoms with van der Waals surface area (Å²) in [6, 6.07) is 0. The molecule has 0 fully saturated rings. The molecule has 0 amide bonds. The van der Waals surface area contributed by atoms with E-state index < -0.39 is 34.2 Å². The average molecular weight is 362 g/mol. The molecule has 0 aromatic rings. The van der Waals surface area contributed by atoms with Crippen LogP contribution >= 0.6 is 34.8 Å². The lowest BCUT2D eigenvalue weighted by molar-refractivity contribution is -0.196. The largest absolute Gasteiger partial charge is 0.463 e. The highest BCUT2D eigenvalue weighted by Crippen LogP contribution is 2.27. The first-order valence-corrected chi connectivity index (χ1v) is 7.13. The Kier molecular flexibility index (Phi) is 7.23. The van der Waals surface area contributed by atoms with Crippen LogP contribution in [0, 0.1) is 0 Å². The molecule has 1 unspecified atom stereocenters. The van der Waals surface area contributed by atoms with Crippen molar-refractivity contribution < 1.29 is 28.5 Å². The third kappa shape index (κ3) is 7.87. The second-order valence-corrected chi connectivity index (χ2v) is 6.75. The number of esters is 2. The van der Waals surface area contributed by atoms with Gasteiger partial charge in [0.2, 0.25) is 3.79 Å². The maximum atomic E-state index is 11.0. The highest BCUT2D eigenvalue weighted by Gasteiger charge is 2.32. The molecule has 0 aromatic carbocycles. The topological polar surface area (TPSA) is 71.1 Å². The summed E-state index contributed by atoms with van der Waals surface area (Å²) in [6.07, 6.45) is 0.904. The highest BCUT2D eigenvalue weighted by molar-refractivity contribution is 6.67. The summed E-state index contributed by atoms with van der Waals surface area (Å²) in [5.41, 5.74) is 0. The summed E-state index contributed by atoms with van der Waals surface area (Å²) in [5.74, 6) is -0.963. The van der Waals surface area contributed by atoms with E-state index in [2.05, 4.69) is 0 Å². The molecule has 0 saturated heterocycles. The van der Waals surface area contributed by atoms with Gasteiger partial charge in [-0.25, -0.2) is 0 Å². The molecule has 0 aromatic heterocycles. The third-order valence-electron chi connectivity index (χ3n) is 2.30. The van der Waals surface area contributed by atoms with E-state index in [9.17, 15) is 9.59 Å². The van der Waals surface area contributed by atoms with Gasteiger partial charge in [0.25, 0.3) is 0 Å². The number of hydrogen-bond donors (Lipinski definition) is 0. The Morgan fingerprint density at radius 2 is 1.86 bits per heavy atom. The molecule has 9 heteroatoms. The van der Waals surface area contributed by atoms with Crippen LogP contribution in [0.4, 0.5) is 0 Å². The van der Waals surface area contributed by atoms with E-state index in [0.29, 0.717) is 0 Å². The molecule has 0 saturated carbocycles. The normalized spacial score (nSPS) is 25.5. The van der Waals surface area contributed by atoms with Crippen LogP contribution in [0.15, 0.2) is 12.2 Å². The first-order chi connectivity index (χ1) is 9.67. The van der Waals surface area contributed by atoms with Gasteiger partial charge in [-0.15, -0.1) is 0 Å². The van der Waals surface area contributed by atoms with Crippen molar-refractivity contribution >= 4 is 46.7 Å². The second kappa shape index (κ2) is 8.19. The third-order valence-corrected chi connectivity index (χ3v) is 2.62. The van der Waals surface area contributed by atoms with Crippen molar-refractivity contribution in [1.82, 2.24) is 0 Å². The highest BCUT2D eigenvalue weighted by atomic mass is 35.6. The van der Waals surface area contributed by atoms with Gasteiger partial charge in [-0.05, 0) is 12.2 Å². The van der Waals surface area contributed by atoms with E-state index in [-0.39, 0.29) is 13.2 Å². The molecule has 0 bridgehead atoms. The van der Waals surface area contributed by atoms with Crippen molar-refractivity contribution in [3.05, 3.63) is 12.2 Å². The van der Waals surface area contributed by atoms with Crippen LogP contribution in [0.3, 0.4) is 0 Å². The van der Waals surface area contributed by atoms with E-state index in [1.54, 1.807) is 6.08 Å².